The van der Waals surface area contributed by atoms with Gasteiger partial charge in [0, 0.05) is 17.1 Å². The fourth-order valence-electron chi connectivity index (χ4n) is 0.524. The number of carbonyl (C=O) groups excluding carboxylic acids is 1. The van der Waals surface area contributed by atoms with E-state index in [0.29, 0.717) is 13.0 Å². The van der Waals surface area contributed by atoms with Crippen molar-refractivity contribution in [3.05, 3.63) is 0 Å². The fraction of sp³-hybridized carbons (Fsp3) is 0.857. The second-order valence-electron chi connectivity index (χ2n) is 2.06. The summed E-state index contributed by atoms with van der Waals surface area (Å²) < 4.78 is 4.89. The van der Waals surface area contributed by atoms with Crippen LogP contribution in [0.15, 0.2) is 0 Å². The van der Waals surface area contributed by atoms with Gasteiger partial charge in [-0.25, -0.2) is 0 Å². The van der Waals surface area contributed by atoms with E-state index in [1.54, 1.807) is 0 Å². The van der Waals surface area contributed by atoms with Crippen molar-refractivity contribution < 1.29 is 9.53 Å². The van der Waals surface area contributed by atoms with Gasteiger partial charge in [0.1, 0.15) is 0 Å². The molecular formula is C7H12Br2O2. The minimum absolute atomic E-state index is 0.0922. The number of alkyl halides is 2. The minimum Gasteiger partial charge on any atom is -0.466 e. The largest absolute Gasteiger partial charge is 0.466 e. The first-order chi connectivity index (χ1) is 5.31. The molecule has 0 aliphatic rings. The van der Waals surface area contributed by atoms with Gasteiger partial charge in [0.05, 0.1) is 6.61 Å². The van der Waals surface area contributed by atoms with E-state index in [-0.39, 0.29) is 5.97 Å². The fourth-order valence-corrected chi connectivity index (χ4v) is 1.03. The maximum absolute atomic E-state index is 10.8. The highest BCUT2D eigenvalue weighted by atomic mass is 79.9. The van der Waals surface area contributed by atoms with Crippen LogP contribution in [-0.4, -0.2) is 23.2 Å². The Morgan fingerprint density at radius 1 is 1.18 bits per heavy atom. The molecule has 4 heteroatoms. The summed E-state index contributed by atoms with van der Waals surface area (Å²) in [4.78, 5) is 10.8. The molecular weight excluding hydrogens is 276 g/mol. The zero-order chi connectivity index (χ0) is 8.53. The second-order valence-corrected chi connectivity index (χ2v) is 3.64. The Hall–Kier alpha value is 0.430. The molecule has 0 aliphatic carbocycles. The molecule has 0 rings (SSSR count). The van der Waals surface area contributed by atoms with Crippen molar-refractivity contribution >= 4 is 37.8 Å². The maximum atomic E-state index is 10.8. The first kappa shape index (κ1) is 11.4. The van der Waals surface area contributed by atoms with Crippen LogP contribution >= 0.6 is 31.9 Å². The van der Waals surface area contributed by atoms with Crippen LogP contribution in [0.5, 0.6) is 0 Å². The van der Waals surface area contributed by atoms with Gasteiger partial charge in [0.15, 0.2) is 0 Å². The van der Waals surface area contributed by atoms with Crippen molar-refractivity contribution in [2.45, 2.75) is 19.3 Å². The first-order valence-electron chi connectivity index (χ1n) is 3.58. The van der Waals surface area contributed by atoms with Gasteiger partial charge in [-0.2, -0.15) is 0 Å². The van der Waals surface area contributed by atoms with Crippen molar-refractivity contribution in [2.75, 3.05) is 17.3 Å². The zero-order valence-electron chi connectivity index (χ0n) is 6.32. The molecule has 0 bridgehead atoms. The lowest BCUT2D eigenvalue weighted by Gasteiger charge is -2.01. The van der Waals surface area contributed by atoms with Gasteiger partial charge in [-0.05, 0) is 12.8 Å². The van der Waals surface area contributed by atoms with Crippen LogP contribution in [0.25, 0.3) is 0 Å². The molecule has 0 N–H and O–H groups in total. The molecule has 0 radical (unpaired) electrons. The lowest BCUT2D eigenvalue weighted by atomic mass is 10.3. The van der Waals surface area contributed by atoms with Crippen LogP contribution in [0.1, 0.15) is 19.3 Å². The third kappa shape index (κ3) is 8.34. The number of hydrogen-bond acceptors (Lipinski definition) is 2. The normalized spacial score (nSPS) is 9.64. The second kappa shape index (κ2) is 8.53. The van der Waals surface area contributed by atoms with Gasteiger partial charge in [-0.1, -0.05) is 31.9 Å². The molecule has 0 spiro atoms. The van der Waals surface area contributed by atoms with Crippen molar-refractivity contribution in [3.63, 3.8) is 0 Å². The van der Waals surface area contributed by atoms with Crippen LogP contribution < -0.4 is 0 Å². The number of hydrogen-bond donors (Lipinski definition) is 0. The topological polar surface area (TPSA) is 26.3 Å². The van der Waals surface area contributed by atoms with Gasteiger partial charge in [0.25, 0.3) is 0 Å². The number of ether oxygens (including phenoxy) is 1. The number of rotatable bonds is 6. The van der Waals surface area contributed by atoms with E-state index in [4.69, 9.17) is 4.74 Å². The average Bonchev–Trinajstić information content (AvgIpc) is 2.01. The van der Waals surface area contributed by atoms with Gasteiger partial charge in [-0.15, -0.1) is 0 Å². The predicted molar refractivity (Wildman–Crippen MR) is 52.4 cm³/mol. The summed E-state index contributed by atoms with van der Waals surface area (Å²) >= 11 is 6.50. The Balaban J connectivity index is 3.09. The summed E-state index contributed by atoms with van der Waals surface area (Å²) in [6.07, 6.45) is 2.26. The van der Waals surface area contributed by atoms with E-state index in [2.05, 4.69) is 31.9 Å². The monoisotopic (exact) mass is 286 g/mol. The molecule has 0 fully saturated rings. The van der Waals surface area contributed by atoms with E-state index >= 15 is 0 Å². The van der Waals surface area contributed by atoms with Crippen LogP contribution in [0.2, 0.25) is 0 Å². The molecule has 0 heterocycles. The van der Waals surface area contributed by atoms with Gasteiger partial charge < -0.3 is 4.74 Å². The van der Waals surface area contributed by atoms with Crippen molar-refractivity contribution in [1.29, 1.82) is 0 Å². The van der Waals surface area contributed by atoms with Crippen molar-refractivity contribution in [1.82, 2.24) is 0 Å². The van der Waals surface area contributed by atoms with Gasteiger partial charge in [0.2, 0.25) is 0 Å². The molecule has 0 atom stereocenters. The molecule has 11 heavy (non-hydrogen) atoms. The Kier molecular flexibility index (Phi) is 8.86. The van der Waals surface area contributed by atoms with Crippen LogP contribution in [-0.2, 0) is 9.53 Å². The SMILES string of the molecule is O=C(CCCBr)OCCCBr. The standard InChI is InChI=1S/C7H12Br2O2/c8-4-1-3-7(10)11-6-2-5-9/h1-6H2. The van der Waals surface area contributed by atoms with E-state index in [9.17, 15) is 4.79 Å². The maximum Gasteiger partial charge on any atom is 0.305 e. The Bertz CT molecular complexity index is 107. The van der Waals surface area contributed by atoms with Crippen LogP contribution in [0, 0.1) is 0 Å². The van der Waals surface area contributed by atoms with Gasteiger partial charge >= 0.3 is 5.97 Å². The quantitative estimate of drug-likeness (QED) is 0.426. The zero-order valence-corrected chi connectivity index (χ0v) is 9.49. The molecule has 0 aromatic heterocycles. The molecule has 0 unspecified atom stereocenters. The predicted octanol–water partition coefficient (Wildman–Crippen LogP) is 2.49. The highest BCUT2D eigenvalue weighted by Crippen LogP contribution is 1.97. The number of esters is 1. The van der Waals surface area contributed by atoms with Crippen LogP contribution in [0.4, 0.5) is 0 Å². The lowest BCUT2D eigenvalue weighted by molar-refractivity contribution is -0.143. The summed E-state index contributed by atoms with van der Waals surface area (Å²) in [7, 11) is 0. The Labute approximate surface area is 83.9 Å². The molecule has 0 amide bonds. The van der Waals surface area contributed by atoms with Crippen molar-refractivity contribution in [3.8, 4) is 0 Å². The third-order valence-corrected chi connectivity index (χ3v) is 2.18. The number of carbonyl (C=O) groups is 1. The third-order valence-electron chi connectivity index (χ3n) is 1.06. The summed E-state index contributed by atoms with van der Waals surface area (Å²) in [5.74, 6) is -0.0922. The first-order valence-corrected chi connectivity index (χ1v) is 5.83. The smallest absolute Gasteiger partial charge is 0.305 e. The summed E-state index contributed by atoms with van der Waals surface area (Å²) in [6.45, 7) is 0.534. The molecule has 66 valence electrons. The van der Waals surface area contributed by atoms with E-state index in [1.807, 2.05) is 0 Å². The molecule has 0 saturated carbocycles. The molecule has 2 nitrogen and oxygen atoms in total. The average molecular weight is 288 g/mol. The van der Waals surface area contributed by atoms with E-state index < -0.39 is 0 Å². The van der Waals surface area contributed by atoms with E-state index in [0.717, 1.165) is 23.5 Å². The number of halogens is 2. The minimum atomic E-state index is -0.0922. The van der Waals surface area contributed by atoms with Gasteiger partial charge in [-0.3, -0.25) is 4.79 Å². The highest BCUT2D eigenvalue weighted by Gasteiger charge is 1.99. The summed E-state index contributed by atoms with van der Waals surface area (Å²) in [6, 6.07) is 0. The molecule has 0 aromatic carbocycles. The molecule has 0 aromatic rings. The highest BCUT2D eigenvalue weighted by molar-refractivity contribution is 9.09. The summed E-state index contributed by atoms with van der Waals surface area (Å²) in [5.41, 5.74) is 0. The molecule has 0 saturated heterocycles. The molecule has 0 aliphatic heterocycles. The Morgan fingerprint density at radius 3 is 2.36 bits per heavy atom. The van der Waals surface area contributed by atoms with Crippen molar-refractivity contribution in [2.24, 2.45) is 0 Å². The lowest BCUT2D eigenvalue weighted by Crippen LogP contribution is -2.05. The summed E-state index contributed by atoms with van der Waals surface area (Å²) in [5, 5.41) is 1.75. The Morgan fingerprint density at radius 2 is 1.82 bits per heavy atom. The van der Waals surface area contributed by atoms with Crippen LogP contribution in [0.3, 0.4) is 0 Å². The van der Waals surface area contributed by atoms with E-state index in [1.165, 1.54) is 0 Å².